The van der Waals surface area contributed by atoms with Crippen LogP contribution in [0, 0.1) is 17.3 Å². The van der Waals surface area contributed by atoms with Gasteiger partial charge in [0, 0.05) is 29.7 Å². The van der Waals surface area contributed by atoms with Crippen molar-refractivity contribution >= 4 is 22.4 Å². The maximum atomic E-state index is 11.2. The molecular weight excluding hydrogens is 346 g/mol. The van der Waals surface area contributed by atoms with Gasteiger partial charge in [-0.2, -0.15) is 0 Å². The topological polar surface area (TPSA) is 40.5 Å². The molecule has 0 radical (unpaired) electrons. The summed E-state index contributed by atoms with van der Waals surface area (Å²) < 4.78 is 0. The first kappa shape index (κ1) is 19.5. The lowest BCUT2D eigenvalue weighted by Gasteiger charge is -2.25. The van der Waals surface area contributed by atoms with Crippen LogP contribution in [0.25, 0.3) is 10.8 Å². The van der Waals surface area contributed by atoms with Crippen molar-refractivity contribution in [2.24, 2.45) is 5.41 Å². The van der Waals surface area contributed by atoms with Crippen molar-refractivity contribution in [1.82, 2.24) is 0 Å². The van der Waals surface area contributed by atoms with Gasteiger partial charge in [-0.15, -0.1) is 0 Å². The fourth-order valence-electron chi connectivity index (χ4n) is 3.10. The van der Waals surface area contributed by atoms with E-state index in [4.69, 9.17) is 0 Å². The number of rotatable bonds is 5. The van der Waals surface area contributed by atoms with Gasteiger partial charge in [-0.25, -0.2) is 0 Å². The fourth-order valence-corrected chi connectivity index (χ4v) is 3.10. The number of carbonyl (C=O) groups is 1. The third-order valence-corrected chi connectivity index (χ3v) is 4.84. The van der Waals surface area contributed by atoms with Crippen LogP contribution in [-0.4, -0.2) is 17.6 Å². The number of nitrogens with zero attached hydrogens (tertiary/aromatic N) is 1. The average molecular weight is 371 g/mol. The SMILES string of the molecule is CCN(Cc1cccc(C#CC(C)(C)C(=O)O)c1)c1cccc2ccccc12. The molecule has 0 aromatic heterocycles. The molecule has 3 aromatic carbocycles. The summed E-state index contributed by atoms with van der Waals surface area (Å²) in [5.74, 6) is 4.97. The van der Waals surface area contributed by atoms with Crippen LogP contribution >= 0.6 is 0 Å². The number of aliphatic carboxylic acids is 1. The van der Waals surface area contributed by atoms with Crippen LogP contribution in [0.2, 0.25) is 0 Å². The molecule has 0 atom stereocenters. The highest BCUT2D eigenvalue weighted by Crippen LogP contribution is 2.28. The van der Waals surface area contributed by atoms with Crippen molar-refractivity contribution in [2.45, 2.75) is 27.3 Å². The summed E-state index contributed by atoms with van der Waals surface area (Å²) in [5.41, 5.74) is 2.13. The summed E-state index contributed by atoms with van der Waals surface area (Å²) in [6, 6.07) is 22.8. The zero-order chi connectivity index (χ0) is 20.1. The van der Waals surface area contributed by atoms with E-state index in [9.17, 15) is 9.90 Å². The predicted octanol–water partition coefficient (Wildman–Crippen LogP) is 5.33. The molecular formula is C25H25NO2. The summed E-state index contributed by atoms with van der Waals surface area (Å²) in [5, 5.41) is 11.7. The lowest BCUT2D eigenvalue weighted by atomic mass is 9.94. The zero-order valence-corrected chi connectivity index (χ0v) is 16.6. The Morgan fingerprint density at radius 3 is 2.50 bits per heavy atom. The lowest BCUT2D eigenvalue weighted by Crippen LogP contribution is -2.22. The number of benzene rings is 3. The molecule has 28 heavy (non-hydrogen) atoms. The van der Waals surface area contributed by atoms with E-state index in [0.29, 0.717) is 0 Å². The number of hydrogen-bond acceptors (Lipinski definition) is 2. The largest absolute Gasteiger partial charge is 0.480 e. The second-order valence-corrected chi connectivity index (χ2v) is 7.39. The molecule has 1 N–H and O–H groups in total. The molecule has 0 heterocycles. The van der Waals surface area contributed by atoms with Gasteiger partial charge in [0.1, 0.15) is 5.41 Å². The third kappa shape index (κ3) is 4.35. The van der Waals surface area contributed by atoms with Crippen LogP contribution in [0.3, 0.4) is 0 Å². The second kappa shape index (κ2) is 8.19. The minimum Gasteiger partial charge on any atom is -0.480 e. The van der Waals surface area contributed by atoms with Crippen LogP contribution in [0.1, 0.15) is 31.9 Å². The molecule has 142 valence electrons. The molecule has 3 aromatic rings. The van der Waals surface area contributed by atoms with Crippen molar-refractivity contribution in [3.63, 3.8) is 0 Å². The average Bonchev–Trinajstić information content (AvgIpc) is 2.70. The van der Waals surface area contributed by atoms with Gasteiger partial charge in [-0.05, 0) is 49.9 Å². The monoisotopic (exact) mass is 371 g/mol. The lowest BCUT2D eigenvalue weighted by molar-refractivity contribution is -0.143. The molecule has 0 amide bonds. The molecule has 0 saturated heterocycles. The molecule has 0 aliphatic rings. The summed E-state index contributed by atoms with van der Waals surface area (Å²) in [6.45, 7) is 7.04. The highest BCUT2D eigenvalue weighted by atomic mass is 16.4. The molecule has 0 saturated carbocycles. The maximum absolute atomic E-state index is 11.2. The standard InChI is InChI=1S/C25H25NO2/c1-4-26(23-14-8-12-21-11-5-6-13-22(21)23)18-20-10-7-9-19(17-20)15-16-25(2,3)24(27)28/h5-14,17H,4,18H2,1-3H3,(H,27,28). The Balaban J connectivity index is 1.88. The van der Waals surface area contributed by atoms with Crippen LogP contribution in [-0.2, 0) is 11.3 Å². The van der Waals surface area contributed by atoms with E-state index in [-0.39, 0.29) is 0 Å². The molecule has 3 nitrogen and oxygen atoms in total. The molecule has 0 bridgehead atoms. The van der Waals surface area contributed by atoms with Crippen molar-refractivity contribution in [2.75, 3.05) is 11.4 Å². The molecule has 0 fully saturated rings. The number of fused-ring (bicyclic) bond motifs is 1. The quantitative estimate of drug-likeness (QED) is 0.616. The van der Waals surface area contributed by atoms with Gasteiger partial charge in [0.25, 0.3) is 0 Å². The number of carboxylic acid groups (broad SMARTS) is 1. The zero-order valence-electron chi connectivity index (χ0n) is 16.6. The summed E-state index contributed by atoms with van der Waals surface area (Å²) in [4.78, 5) is 13.6. The summed E-state index contributed by atoms with van der Waals surface area (Å²) in [7, 11) is 0. The van der Waals surface area contributed by atoms with E-state index < -0.39 is 11.4 Å². The first-order chi connectivity index (χ1) is 13.4. The van der Waals surface area contributed by atoms with Gasteiger partial charge >= 0.3 is 5.97 Å². The van der Waals surface area contributed by atoms with E-state index in [2.05, 4.69) is 72.2 Å². The van der Waals surface area contributed by atoms with E-state index in [0.717, 1.165) is 24.2 Å². The highest BCUT2D eigenvalue weighted by molar-refractivity contribution is 5.94. The van der Waals surface area contributed by atoms with E-state index in [1.165, 1.54) is 16.5 Å². The van der Waals surface area contributed by atoms with Gasteiger partial charge in [-0.1, -0.05) is 60.4 Å². The molecule has 0 aliphatic heterocycles. The highest BCUT2D eigenvalue weighted by Gasteiger charge is 2.23. The van der Waals surface area contributed by atoms with Crippen LogP contribution in [0.15, 0.2) is 66.7 Å². The molecule has 3 rings (SSSR count). The smallest absolute Gasteiger partial charge is 0.321 e. The van der Waals surface area contributed by atoms with Gasteiger partial charge in [0.15, 0.2) is 0 Å². The summed E-state index contributed by atoms with van der Waals surface area (Å²) in [6.07, 6.45) is 0. The van der Waals surface area contributed by atoms with Crippen molar-refractivity contribution in [3.05, 3.63) is 77.9 Å². The van der Waals surface area contributed by atoms with Gasteiger partial charge in [-0.3, -0.25) is 4.79 Å². The van der Waals surface area contributed by atoms with Crippen LogP contribution in [0.4, 0.5) is 5.69 Å². The normalized spacial score (nSPS) is 11.0. The van der Waals surface area contributed by atoms with Crippen molar-refractivity contribution in [1.29, 1.82) is 0 Å². The Kier molecular flexibility index (Phi) is 5.70. The van der Waals surface area contributed by atoms with Crippen LogP contribution < -0.4 is 4.90 Å². The Hall–Kier alpha value is -3.25. The number of carboxylic acids is 1. The van der Waals surface area contributed by atoms with Gasteiger partial charge < -0.3 is 10.0 Å². The predicted molar refractivity (Wildman–Crippen MR) is 115 cm³/mol. The van der Waals surface area contributed by atoms with E-state index in [1.54, 1.807) is 13.8 Å². The molecule has 3 heteroatoms. The number of anilines is 1. The Labute approximate surface area is 166 Å². The fraction of sp³-hybridized carbons (Fsp3) is 0.240. The van der Waals surface area contributed by atoms with Crippen molar-refractivity contribution in [3.8, 4) is 11.8 Å². The van der Waals surface area contributed by atoms with Gasteiger partial charge in [0.05, 0.1) is 0 Å². The van der Waals surface area contributed by atoms with Crippen molar-refractivity contribution < 1.29 is 9.90 Å². The Bertz CT molecular complexity index is 1050. The van der Waals surface area contributed by atoms with E-state index >= 15 is 0 Å². The maximum Gasteiger partial charge on any atom is 0.321 e. The van der Waals surface area contributed by atoms with Gasteiger partial charge in [0.2, 0.25) is 0 Å². The molecule has 0 unspecified atom stereocenters. The first-order valence-electron chi connectivity index (χ1n) is 9.49. The van der Waals surface area contributed by atoms with Crippen LogP contribution in [0.5, 0.6) is 0 Å². The Morgan fingerprint density at radius 2 is 1.75 bits per heavy atom. The number of hydrogen-bond donors (Lipinski definition) is 1. The minimum atomic E-state index is -1.06. The second-order valence-electron chi connectivity index (χ2n) is 7.39. The molecule has 0 aliphatic carbocycles. The summed E-state index contributed by atoms with van der Waals surface area (Å²) >= 11 is 0. The Morgan fingerprint density at radius 1 is 1.04 bits per heavy atom. The molecule has 0 spiro atoms. The minimum absolute atomic E-state index is 0.766. The van der Waals surface area contributed by atoms with E-state index in [1.807, 2.05) is 18.2 Å². The first-order valence-corrected chi connectivity index (χ1v) is 9.49. The third-order valence-electron chi connectivity index (χ3n) is 4.84.